The Morgan fingerprint density at radius 2 is 1.82 bits per heavy atom. The molecule has 0 spiro atoms. The molecule has 0 radical (unpaired) electrons. The summed E-state index contributed by atoms with van der Waals surface area (Å²) in [6, 6.07) is 13.8. The topological polar surface area (TPSA) is 66.9 Å². The average Bonchev–Trinajstić information content (AvgIpc) is 2.67. The van der Waals surface area contributed by atoms with Crippen molar-refractivity contribution in [1.29, 1.82) is 0 Å². The predicted octanol–water partition coefficient (Wildman–Crippen LogP) is 4.48. The van der Waals surface area contributed by atoms with Gasteiger partial charge in [-0.3, -0.25) is 4.79 Å². The smallest absolute Gasteiger partial charge is 0.347 e. The lowest BCUT2D eigenvalue weighted by Crippen LogP contribution is -2.24. The third-order valence-electron chi connectivity index (χ3n) is 3.91. The van der Waals surface area contributed by atoms with E-state index in [1.165, 1.54) is 24.4 Å². The van der Waals surface area contributed by atoms with Crippen LogP contribution in [0.5, 0.6) is 0 Å². The average molecular weight is 386 g/mol. The van der Waals surface area contributed by atoms with Crippen LogP contribution in [-0.4, -0.2) is 15.9 Å². The zero-order chi connectivity index (χ0) is 20.1. The van der Waals surface area contributed by atoms with E-state index < -0.39 is 17.6 Å². The fraction of sp³-hybridized carbons (Fsp3) is 0.150. The molecule has 0 fully saturated rings. The number of anilines is 2. The van der Waals surface area contributed by atoms with Gasteiger partial charge < -0.3 is 10.6 Å². The Bertz CT molecular complexity index is 972. The predicted molar refractivity (Wildman–Crippen MR) is 99.1 cm³/mol. The summed E-state index contributed by atoms with van der Waals surface area (Å²) in [7, 11) is 0. The van der Waals surface area contributed by atoms with Crippen molar-refractivity contribution in [2.75, 3.05) is 5.32 Å². The monoisotopic (exact) mass is 386 g/mol. The Morgan fingerprint density at radius 1 is 1.07 bits per heavy atom. The summed E-state index contributed by atoms with van der Waals surface area (Å²) >= 11 is 0. The van der Waals surface area contributed by atoms with Crippen LogP contribution >= 0.6 is 0 Å². The molecule has 0 atom stereocenters. The molecule has 0 saturated heterocycles. The van der Waals surface area contributed by atoms with Gasteiger partial charge in [0.15, 0.2) is 0 Å². The first-order chi connectivity index (χ1) is 13.3. The number of amides is 1. The lowest BCUT2D eigenvalue weighted by atomic mass is 10.1. The van der Waals surface area contributed by atoms with Crippen LogP contribution in [0.4, 0.5) is 24.8 Å². The number of carbonyl (C=O) groups excluding carboxylic acids is 1. The van der Waals surface area contributed by atoms with E-state index in [4.69, 9.17) is 0 Å². The number of rotatable bonds is 5. The standard InChI is InChI=1S/C20H17F3N4O/c1-13-5-7-14(8-6-13)12-25-18(28)17-9-10-24-19(27-17)26-16-4-2-3-15(11-16)20(21,22)23/h2-11H,12H2,1H3,(H,25,28)(H,24,26,27). The molecule has 2 N–H and O–H groups in total. The van der Waals surface area contributed by atoms with Crippen LogP contribution in [0.25, 0.3) is 0 Å². The van der Waals surface area contributed by atoms with Crippen LogP contribution in [0.3, 0.4) is 0 Å². The van der Waals surface area contributed by atoms with E-state index in [9.17, 15) is 18.0 Å². The quantitative estimate of drug-likeness (QED) is 0.679. The fourth-order valence-corrected chi connectivity index (χ4v) is 2.43. The summed E-state index contributed by atoms with van der Waals surface area (Å²) in [5.74, 6) is -0.377. The summed E-state index contributed by atoms with van der Waals surface area (Å²) in [6.07, 6.45) is -3.08. The van der Waals surface area contributed by atoms with Crippen molar-refractivity contribution in [3.8, 4) is 0 Å². The largest absolute Gasteiger partial charge is 0.416 e. The van der Waals surface area contributed by atoms with E-state index in [0.29, 0.717) is 6.54 Å². The molecule has 3 rings (SSSR count). The minimum atomic E-state index is -4.45. The number of benzene rings is 2. The van der Waals surface area contributed by atoms with Crippen LogP contribution in [0.1, 0.15) is 27.2 Å². The summed E-state index contributed by atoms with van der Waals surface area (Å²) < 4.78 is 38.4. The number of hydrogen-bond acceptors (Lipinski definition) is 4. The van der Waals surface area contributed by atoms with Gasteiger partial charge in [0.2, 0.25) is 5.95 Å². The molecule has 1 heterocycles. The van der Waals surface area contributed by atoms with Crippen molar-refractivity contribution in [2.45, 2.75) is 19.6 Å². The second kappa shape index (κ2) is 8.08. The normalized spacial score (nSPS) is 11.1. The van der Waals surface area contributed by atoms with Crippen LogP contribution in [0.15, 0.2) is 60.8 Å². The Hall–Kier alpha value is -3.42. The van der Waals surface area contributed by atoms with E-state index >= 15 is 0 Å². The third kappa shape index (κ3) is 5.06. The maximum Gasteiger partial charge on any atom is 0.416 e. The molecule has 0 aliphatic rings. The molecular formula is C20H17F3N4O. The highest BCUT2D eigenvalue weighted by Gasteiger charge is 2.30. The molecule has 144 valence electrons. The maximum absolute atomic E-state index is 12.8. The van der Waals surface area contributed by atoms with Crippen molar-refractivity contribution >= 4 is 17.5 Å². The minimum absolute atomic E-state index is 0.0299. The number of carbonyl (C=O) groups is 1. The van der Waals surface area contributed by atoms with Crippen molar-refractivity contribution < 1.29 is 18.0 Å². The number of nitrogens with zero attached hydrogens (tertiary/aromatic N) is 2. The third-order valence-corrected chi connectivity index (χ3v) is 3.91. The molecule has 1 aromatic heterocycles. The molecule has 8 heteroatoms. The van der Waals surface area contributed by atoms with Crippen molar-refractivity contribution in [1.82, 2.24) is 15.3 Å². The van der Waals surface area contributed by atoms with Gasteiger partial charge in [0, 0.05) is 18.4 Å². The van der Waals surface area contributed by atoms with E-state index in [1.54, 1.807) is 0 Å². The van der Waals surface area contributed by atoms with Gasteiger partial charge in [-0.05, 0) is 36.8 Å². The van der Waals surface area contributed by atoms with Crippen LogP contribution in [0, 0.1) is 6.92 Å². The first-order valence-corrected chi connectivity index (χ1v) is 8.42. The molecule has 1 amide bonds. The van der Waals surface area contributed by atoms with Crippen LogP contribution in [-0.2, 0) is 12.7 Å². The van der Waals surface area contributed by atoms with Gasteiger partial charge in [-0.15, -0.1) is 0 Å². The number of alkyl halides is 3. The van der Waals surface area contributed by atoms with Crippen LogP contribution in [0.2, 0.25) is 0 Å². The van der Waals surface area contributed by atoms with Gasteiger partial charge in [-0.2, -0.15) is 13.2 Å². The lowest BCUT2D eigenvalue weighted by molar-refractivity contribution is -0.137. The first kappa shape index (κ1) is 19.3. The molecule has 0 unspecified atom stereocenters. The molecular weight excluding hydrogens is 369 g/mol. The molecule has 5 nitrogen and oxygen atoms in total. The number of aromatic nitrogens is 2. The highest BCUT2D eigenvalue weighted by atomic mass is 19.4. The first-order valence-electron chi connectivity index (χ1n) is 8.42. The summed E-state index contributed by atoms with van der Waals surface area (Å²) in [5, 5.41) is 5.44. The molecule has 0 aliphatic carbocycles. The van der Waals surface area contributed by atoms with Gasteiger partial charge in [-0.25, -0.2) is 9.97 Å². The van der Waals surface area contributed by atoms with E-state index in [-0.39, 0.29) is 17.3 Å². The molecule has 0 aliphatic heterocycles. The minimum Gasteiger partial charge on any atom is -0.347 e. The fourth-order valence-electron chi connectivity index (χ4n) is 2.43. The Balaban J connectivity index is 1.68. The van der Waals surface area contributed by atoms with Gasteiger partial charge in [0.1, 0.15) is 5.69 Å². The molecule has 2 aromatic carbocycles. The molecule has 0 saturated carbocycles. The number of nitrogens with one attached hydrogen (secondary N) is 2. The second-order valence-electron chi connectivity index (χ2n) is 6.14. The summed E-state index contributed by atoms with van der Waals surface area (Å²) in [6.45, 7) is 2.31. The molecule has 3 aromatic rings. The summed E-state index contributed by atoms with van der Waals surface area (Å²) in [5.41, 5.74) is 1.56. The maximum atomic E-state index is 12.8. The highest BCUT2D eigenvalue weighted by Crippen LogP contribution is 2.31. The van der Waals surface area contributed by atoms with E-state index in [0.717, 1.165) is 23.3 Å². The highest BCUT2D eigenvalue weighted by molar-refractivity contribution is 5.92. The SMILES string of the molecule is Cc1ccc(CNC(=O)c2ccnc(Nc3cccc(C(F)(F)F)c3)n2)cc1. The lowest BCUT2D eigenvalue weighted by Gasteiger charge is -2.10. The van der Waals surface area contributed by atoms with Crippen molar-refractivity contribution in [3.05, 3.63) is 83.2 Å². The Morgan fingerprint density at radius 3 is 2.54 bits per heavy atom. The molecule has 0 bridgehead atoms. The summed E-state index contributed by atoms with van der Waals surface area (Å²) in [4.78, 5) is 20.3. The van der Waals surface area contributed by atoms with E-state index in [1.807, 2.05) is 31.2 Å². The Labute approximate surface area is 159 Å². The van der Waals surface area contributed by atoms with Crippen LogP contribution < -0.4 is 10.6 Å². The van der Waals surface area contributed by atoms with Crippen molar-refractivity contribution in [3.63, 3.8) is 0 Å². The van der Waals surface area contributed by atoms with Gasteiger partial charge in [0.05, 0.1) is 5.56 Å². The Kier molecular flexibility index (Phi) is 5.58. The second-order valence-corrected chi connectivity index (χ2v) is 6.14. The van der Waals surface area contributed by atoms with E-state index in [2.05, 4.69) is 20.6 Å². The van der Waals surface area contributed by atoms with Crippen molar-refractivity contribution in [2.24, 2.45) is 0 Å². The molecule has 28 heavy (non-hydrogen) atoms. The number of hydrogen-bond donors (Lipinski definition) is 2. The van der Waals surface area contributed by atoms with Gasteiger partial charge >= 0.3 is 6.18 Å². The zero-order valence-electron chi connectivity index (χ0n) is 14.9. The van der Waals surface area contributed by atoms with Gasteiger partial charge in [-0.1, -0.05) is 35.9 Å². The van der Waals surface area contributed by atoms with Gasteiger partial charge in [0.25, 0.3) is 5.91 Å². The number of aryl methyl sites for hydroxylation is 1. The number of halogens is 3. The zero-order valence-corrected chi connectivity index (χ0v) is 14.9.